The van der Waals surface area contributed by atoms with Gasteiger partial charge in [0.05, 0.1) is 10.0 Å². The molecule has 0 bridgehead atoms. The van der Waals surface area contributed by atoms with Crippen LogP contribution in [-0.2, 0) is 21.0 Å². The number of nitrogens with one attached hydrogen (secondary N) is 2. The van der Waals surface area contributed by atoms with E-state index in [2.05, 4.69) is 10.6 Å². The third kappa shape index (κ3) is 7.09. The van der Waals surface area contributed by atoms with Crippen LogP contribution >= 0.6 is 34.8 Å². The summed E-state index contributed by atoms with van der Waals surface area (Å²) in [6, 6.07) is 7.81. The number of benzene rings is 2. The van der Waals surface area contributed by atoms with E-state index in [-0.39, 0.29) is 39.9 Å². The number of hydrogen-bond acceptors (Lipinski definition) is 4. The van der Waals surface area contributed by atoms with E-state index >= 15 is 0 Å². The third-order valence-electron chi connectivity index (χ3n) is 3.73. The summed E-state index contributed by atoms with van der Waals surface area (Å²) in [5, 5.41) is 14.5. The van der Waals surface area contributed by atoms with Gasteiger partial charge < -0.3 is 20.5 Å². The smallest absolute Gasteiger partial charge is 0.312 e. The fourth-order valence-corrected chi connectivity index (χ4v) is 3.21. The van der Waals surface area contributed by atoms with Gasteiger partial charge in [-0.15, -0.1) is 0 Å². The van der Waals surface area contributed by atoms with Gasteiger partial charge in [0.2, 0.25) is 11.8 Å². The Labute approximate surface area is 188 Å². The van der Waals surface area contributed by atoms with Gasteiger partial charge in [0.15, 0.2) is 5.75 Å². The van der Waals surface area contributed by atoms with Crippen molar-refractivity contribution in [3.05, 3.63) is 51.0 Å². The van der Waals surface area contributed by atoms with Gasteiger partial charge in [-0.1, -0.05) is 48.7 Å². The topological polar surface area (TPSA) is 105 Å². The molecule has 0 aliphatic heterocycles. The van der Waals surface area contributed by atoms with E-state index in [4.69, 9.17) is 44.6 Å². The van der Waals surface area contributed by atoms with E-state index in [1.54, 1.807) is 32.0 Å². The van der Waals surface area contributed by atoms with Crippen LogP contribution in [0.25, 0.3) is 0 Å². The maximum absolute atomic E-state index is 11.9. The van der Waals surface area contributed by atoms with Crippen LogP contribution in [0.1, 0.15) is 25.8 Å². The number of halogens is 3. The van der Waals surface area contributed by atoms with Crippen LogP contribution in [0, 0.1) is 5.92 Å². The lowest BCUT2D eigenvalue weighted by atomic mass is 10.1. The first-order valence-corrected chi connectivity index (χ1v) is 9.92. The molecule has 3 N–H and O–H groups in total. The molecule has 0 aliphatic carbocycles. The van der Waals surface area contributed by atoms with Crippen molar-refractivity contribution in [3.63, 3.8) is 0 Å². The lowest BCUT2D eigenvalue weighted by molar-refractivity contribution is -0.139. The van der Waals surface area contributed by atoms with Crippen molar-refractivity contribution in [3.8, 4) is 5.75 Å². The standard InChI is InChI=1S/C20H19Cl3N2O5/c1-10(2)20(29)25-13-4-11(3-12(21)5-13)9-30-19-15(22)6-14(7-16(19)23)24-17(26)8-18(27)28/h3-7,10H,8-9H2,1-2H3,(H,24,26)(H,25,29)(H,27,28). The zero-order chi connectivity index (χ0) is 22.4. The molecule has 0 unspecified atom stereocenters. The number of rotatable bonds is 8. The molecule has 0 atom stereocenters. The largest absolute Gasteiger partial charge is 0.486 e. The van der Waals surface area contributed by atoms with Gasteiger partial charge in [0, 0.05) is 22.3 Å². The second-order valence-electron chi connectivity index (χ2n) is 6.67. The Kier molecular flexibility index (Phi) is 8.34. The first-order chi connectivity index (χ1) is 14.0. The molecule has 160 valence electrons. The number of carbonyl (C=O) groups is 3. The molecule has 0 aliphatic rings. The van der Waals surface area contributed by atoms with Crippen molar-refractivity contribution in [2.45, 2.75) is 26.9 Å². The molecule has 0 heterocycles. The Morgan fingerprint density at radius 2 is 1.57 bits per heavy atom. The molecule has 30 heavy (non-hydrogen) atoms. The minimum Gasteiger partial charge on any atom is -0.486 e. The number of carboxylic acids is 1. The second-order valence-corrected chi connectivity index (χ2v) is 7.92. The van der Waals surface area contributed by atoms with Gasteiger partial charge in [-0.25, -0.2) is 0 Å². The van der Waals surface area contributed by atoms with Crippen molar-refractivity contribution >= 4 is 64.0 Å². The molecule has 0 saturated carbocycles. The van der Waals surface area contributed by atoms with Gasteiger partial charge in [0.25, 0.3) is 0 Å². The van der Waals surface area contributed by atoms with Crippen molar-refractivity contribution in [1.82, 2.24) is 0 Å². The lowest BCUT2D eigenvalue weighted by Gasteiger charge is -2.14. The Morgan fingerprint density at radius 3 is 2.13 bits per heavy atom. The maximum atomic E-state index is 11.9. The molecule has 0 fully saturated rings. The minimum atomic E-state index is -1.25. The van der Waals surface area contributed by atoms with Crippen molar-refractivity contribution in [2.24, 2.45) is 5.92 Å². The summed E-state index contributed by atoms with van der Waals surface area (Å²) in [6.45, 7) is 3.62. The van der Waals surface area contributed by atoms with Gasteiger partial charge in [0.1, 0.15) is 13.0 Å². The molecule has 2 rings (SSSR count). The average molecular weight is 474 g/mol. The van der Waals surface area contributed by atoms with E-state index in [9.17, 15) is 14.4 Å². The van der Waals surface area contributed by atoms with Gasteiger partial charge >= 0.3 is 5.97 Å². The Hall–Kier alpha value is -2.48. The maximum Gasteiger partial charge on any atom is 0.312 e. The number of aliphatic carboxylic acids is 1. The highest BCUT2D eigenvalue weighted by atomic mass is 35.5. The summed E-state index contributed by atoms with van der Waals surface area (Å²) in [7, 11) is 0. The second kappa shape index (κ2) is 10.5. The molecular weight excluding hydrogens is 455 g/mol. The predicted octanol–water partition coefficient (Wildman–Crippen LogP) is 5.23. The quantitative estimate of drug-likeness (QED) is 0.455. The van der Waals surface area contributed by atoms with E-state index in [1.807, 2.05) is 0 Å². The molecule has 10 heteroatoms. The fraction of sp³-hybridized carbons (Fsp3) is 0.250. The number of amides is 2. The molecule has 0 saturated heterocycles. The van der Waals surface area contributed by atoms with Crippen molar-refractivity contribution < 1.29 is 24.2 Å². The number of anilines is 2. The molecule has 2 amide bonds. The van der Waals surface area contributed by atoms with Gasteiger partial charge in [-0.05, 0) is 35.9 Å². The van der Waals surface area contributed by atoms with E-state index in [0.29, 0.717) is 16.3 Å². The predicted molar refractivity (Wildman–Crippen MR) is 117 cm³/mol. The van der Waals surface area contributed by atoms with Crippen molar-refractivity contribution in [2.75, 3.05) is 10.6 Å². The summed E-state index contributed by atoms with van der Waals surface area (Å²) in [6.07, 6.45) is -0.683. The zero-order valence-electron chi connectivity index (χ0n) is 16.1. The molecule has 7 nitrogen and oxygen atoms in total. The van der Waals surface area contributed by atoms with Crippen molar-refractivity contribution in [1.29, 1.82) is 0 Å². The first kappa shape index (κ1) is 23.8. The molecule has 0 aromatic heterocycles. The summed E-state index contributed by atoms with van der Waals surface area (Å²) >= 11 is 18.5. The number of ether oxygens (including phenoxy) is 1. The number of carbonyl (C=O) groups excluding carboxylic acids is 2. The highest BCUT2D eigenvalue weighted by Crippen LogP contribution is 2.36. The molecule has 0 radical (unpaired) electrons. The highest BCUT2D eigenvalue weighted by molar-refractivity contribution is 6.37. The Balaban J connectivity index is 2.12. The minimum absolute atomic E-state index is 0.0648. The molecule has 2 aromatic carbocycles. The average Bonchev–Trinajstić information content (AvgIpc) is 2.59. The molecule has 0 spiro atoms. The lowest BCUT2D eigenvalue weighted by Crippen LogP contribution is -2.17. The number of carboxylic acid groups (broad SMARTS) is 1. The number of hydrogen-bond donors (Lipinski definition) is 3. The van der Waals surface area contributed by atoms with E-state index in [1.165, 1.54) is 12.1 Å². The van der Waals surface area contributed by atoms with Crippen LogP contribution in [0.3, 0.4) is 0 Å². The van der Waals surface area contributed by atoms with Crippen LogP contribution in [0.5, 0.6) is 5.75 Å². The fourth-order valence-electron chi connectivity index (χ4n) is 2.36. The third-order valence-corrected chi connectivity index (χ3v) is 4.51. The van der Waals surface area contributed by atoms with Crippen LogP contribution in [0.15, 0.2) is 30.3 Å². The normalized spacial score (nSPS) is 10.6. The SMILES string of the molecule is CC(C)C(=O)Nc1cc(Cl)cc(COc2c(Cl)cc(NC(=O)CC(=O)O)cc2Cl)c1. The summed E-state index contributed by atoms with van der Waals surface area (Å²) in [5.41, 5.74) is 1.45. The van der Waals surface area contributed by atoms with E-state index in [0.717, 1.165) is 0 Å². The molecular formula is C20H19Cl3N2O5. The highest BCUT2D eigenvalue weighted by Gasteiger charge is 2.14. The van der Waals surface area contributed by atoms with Crippen LogP contribution in [0.2, 0.25) is 15.1 Å². The Morgan fingerprint density at radius 1 is 0.967 bits per heavy atom. The van der Waals surface area contributed by atoms with Crippen LogP contribution in [-0.4, -0.2) is 22.9 Å². The van der Waals surface area contributed by atoms with Crippen LogP contribution < -0.4 is 15.4 Å². The summed E-state index contributed by atoms with van der Waals surface area (Å²) in [4.78, 5) is 34.0. The monoisotopic (exact) mass is 472 g/mol. The van der Waals surface area contributed by atoms with E-state index < -0.39 is 18.3 Å². The van der Waals surface area contributed by atoms with Gasteiger partial charge in [-0.2, -0.15) is 0 Å². The summed E-state index contributed by atoms with van der Waals surface area (Å²) in [5.74, 6) is -2.11. The van der Waals surface area contributed by atoms with Gasteiger partial charge in [-0.3, -0.25) is 14.4 Å². The molecule has 2 aromatic rings. The Bertz CT molecular complexity index is 956. The summed E-state index contributed by atoms with van der Waals surface area (Å²) < 4.78 is 5.70. The van der Waals surface area contributed by atoms with Crippen LogP contribution in [0.4, 0.5) is 11.4 Å². The first-order valence-electron chi connectivity index (χ1n) is 8.79. The zero-order valence-corrected chi connectivity index (χ0v) is 18.4.